The lowest BCUT2D eigenvalue weighted by molar-refractivity contribution is 0.0937. The topological polar surface area (TPSA) is 97.0 Å². The summed E-state index contributed by atoms with van der Waals surface area (Å²) in [6, 6.07) is 0.242. The largest absolute Gasteiger partial charge is 0.346 e. The van der Waals surface area contributed by atoms with E-state index in [1.54, 1.807) is 0 Å². The van der Waals surface area contributed by atoms with Gasteiger partial charge >= 0.3 is 0 Å². The summed E-state index contributed by atoms with van der Waals surface area (Å²) in [6.07, 6.45) is 3.99. The summed E-state index contributed by atoms with van der Waals surface area (Å²) in [6.45, 7) is 5.04. The molecule has 1 aliphatic heterocycles. The Morgan fingerprint density at radius 1 is 1.33 bits per heavy atom. The number of rotatable bonds is 5. The maximum absolute atomic E-state index is 12.0. The summed E-state index contributed by atoms with van der Waals surface area (Å²) in [5.74, 6) is 1.50. The van der Waals surface area contributed by atoms with Crippen molar-refractivity contribution in [1.29, 1.82) is 0 Å². The van der Waals surface area contributed by atoms with Gasteiger partial charge in [-0.25, -0.2) is 4.98 Å². The van der Waals surface area contributed by atoms with Crippen LogP contribution in [0.1, 0.15) is 73.8 Å². The van der Waals surface area contributed by atoms with Gasteiger partial charge in [0.05, 0.1) is 0 Å². The van der Waals surface area contributed by atoms with Crippen LogP contribution in [0.2, 0.25) is 0 Å². The number of nitrogens with one attached hydrogen (secondary N) is 1. The lowest BCUT2D eigenvalue weighted by Crippen LogP contribution is -2.27. The number of nitrogens with zero attached hydrogens (tertiary/aromatic N) is 5. The van der Waals surface area contributed by atoms with Gasteiger partial charge in [0.25, 0.3) is 11.7 Å². The fourth-order valence-corrected chi connectivity index (χ4v) is 3.65. The highest BCUT2D eigenvalue weighted by molar-refractivity contribution is 7.09. The van der Waals surface area contributed by atoms with E-state index < -0.39 is 0 Å². The van der Waals surface area contributed by atoms with E-state index in [0.717, 1.165) is 43.2 Å². The molecule has 2 aliphatic rings. The van der Waals surface area contributed by atoms with Crippen LogP contribution in [0.5, 0.6) is 0 Å². The minimum absolute atomic E-state index is 0.0343. The van der Waals surface area contributed by atoms with Crippen molar-refractivity contribution in [2.45, 2.75) is 57.5 Å². The summed E-state index contributed by atoms with van der Waals surface area (Å²) in [5, 5.41) is 7.60. The second kappa shape index (κ2) is 6.12. The molecule has 9 heteroatoms. The molecule has 1 aliphatic carbocycles. The van der Waals surface area contributed by atoms with E-state index in [0.29, 0.717) is 11.8 Å². The molecule has 1 N–H and O–H groups in total. The van der Waals surface area contributed by atoms with E-state index in [9.17, 15) is 4.79 Å². The molecule has 2 aromatic rings. The number of carbonyl (C=O) groups is 1. The Labute approximate surface area is 143 Å². The summed E-state index contributed by atoms with van der Waals surface area (Å²) in [7, 11) is 0. The average molecular weight is 348 g/mol. The highest BCUT2D eigenvalue weighted by Crippen LogP contribution is 2.36. The summed E-state index contributed by atoms with van der Waals surface area (Å²) >= 11 is 1.40. The third-order valence-corrected chi connectivity index (χ3v) is 5.06. The highest BCUT2D eigenvalue weighted by Gasteiger charge is 2.34. The van der Waals surface area contributed by atoms with Crippen molar-refractivity contribution in [2.75, 3.05) is 11.4 Å². The maximum atomic E-state index is 12.0. The second-order valence-corrected chi connectivity index (χ2v) is 7.38. The molecule has 128 valence electrons. The van der Waals surface area contributed by atoms with Crippen molar-refractivity contribution in [2.24, 2.45) is 0 Å². The Morgan fingerprint density at radius 2 is 2.17 bits per heavy atom. The molecular formula is C15H20N6O2S. The van der Waals surface area contributed by atoms with E-state index in [-0.39, 0.29) is 23.8 Å². The van der Waals surface area contributed by atoms with Crippen LogP contribution in [0.3, 0.4) is 0 Å². The van der Waals surface area contributed by atoms with E-state index in [1.807, 2.05) is 0 Å². The Morgan fingerprint density at radius 3 is 2.88 bits per heavy atom. The van der Waals surface area contributed by atoms with Gasteiger partial charge in [-0.2, -0.15) is 9.36 Å². The smallest absolute Gasteiger partial charge is 0.292 e. The third kappa shape index (κ3) is 3.00. The van der Waals surface area contributed by atoms with Crippen LogP contribution in [0, 0.1) is 0 Å². The maximum Gasteiger partial charge on any atom is 0.292 e. The van der Waals surface area contributed by atoms with Crippen LogP contribution in [0.4, 0.5) is 5.13 Å². The predicted octanol–water partition coefficient (Wildman–Crippen LogP) is 2.28. The minimum Gasteiger partial charge on any atom is -0.346 e. The lowest BCUT2D eigenvalue weighted by atomic mass is 10.2. The summed E-state index contributed by atoms with van der Waals surface area (Å²) in [4.78, 5) is 23.1. The Bertz CT molecular complexity index is 738. The molecule has 0 aromatic carbocycles. The van der Waals surface area contributed by atoms with E-state index in [4.69, 9.17) is 4.52 Å². The zero-order chi connectivity index (χ0) is 16.7. The zero-order valence-electron chi connectivity index (χ0n) is 13.7. The fourth-order valence-electron chi connectivity index (χ4n) is 2.77. The highest BCUT2D eigenvalue weighted by atomic mass is 32.1. The molecule has 3 heterocycles. The number of hydrogen-bond acceptors (Lipinski definition) is 8. The van der Waals surface area contributed by atoms with Crippen molar-refractivity contribution in [3.63, 3.8) is 0 Å². The standard InChI is InChI=1S/C15H20N6O2S/c1-8(2)11-18-15(24-20-11)21-7-3-4-10(21)14-17-12(19-23-14)13(22)16-9-5-6-9/h8-10H,3-7H2,1-2H3,(H,16,22)/t10-/m1/s1. The number of carbonyl (C=O) groups excluding carboxylic acids is 1. The molecule has 2 fully saturated rings. The molecular weight excluding hydrogens is 328 g/mol. The number of anilines is 1. The fraction of sp³-hybridized carbons (Fsp3) is 0.667. The van der Waals surface area contributed by atoms with Crippen LogP contribution in [0.15, 0.2) is 4.52 Å². The van der Waals surface area contributed by atoms with Crippen molar-refractivity contribution in [3.8, 4) is 0 Å². The second-order valence-electron chi connectivity index (χ2n) is 6.65. The van der Waals surface area contributed by atoms with Gasteiger partial charge in [-0.1, -0.05) is 19.0 Å². The summed E-state index contributed by atoms with van der Waals surface area (Å²) in [5.41, 5.74) is 0. The lowest BCUT2D eigenvalue weighted by Gasteiger charge is -2.19. The monoisotopic (exact) mass is 348 g/mol. The molecule has 8 nitrogen and oxygen atoms in total. The molecule has 0 bridgehead atoms. The van der Waals surface area contributed by atoms with Gasteiger partial charge in [-0.15, -0.1) is 0 Å². The van der Waals surface area contributed by atoms with Crippen molar-refractivity contribution >= 4 is 22.6 Å². The zero-order valence-corrected chi connectivity index (χ0v) is 14.5. The van der Waals surface area contributed by atoms with Crippen molar-refractivity contribution in [3.05, 3.63) is 17.5 Å². The third-order valence-electron chi connectivity index (χ3n) is 4.29. The molecule has 0 spiro atoms. The first-order valence-corrected chi connectivity index (χ1v) is 9.14. The Hall–Kier alpha value is -2.03. The van der Waals surface area contributed by atoms with Gasteiger partial charge in [0, 0.05) is 30.0 Å². The van der Waals surface area contributed by atoms with Crippen LogP contribution in [-0.2, 0) is 0 Å². The van der Waals surface area contributed by atoms with Gasteiger partial charge in [-0.3, -0.25) is 4.79 Å². The van der Waals surface area contributed by atoms with Gasteiger partial charge in [0.1, 0.15) is 11.9 Å². The molecule has 1 saturated heterocycles. The quantitative estimate of drug-likeness (QED) is 0.885. The molecule has 0 radical (unpaired) electrons. The van der Waals surface area contributed by atoms with Gasteiger partial charge in [-0.05, 0) is 25.7 Å². The predicted molar refractivity (Wildman–Crippen MR) is 88.1 cm³/mol. The normalized spacial score (nSPS) is 20.8. The van der Waals surface area contributed by atoms with Gasteiger partial charge in [0.15, 0.2) is 0 Å². The van der Waals surface area contributed by atoms with Crippen molar-refractivity contribution < 1.29 is 9.32 Å². The number of hydrogen-bond donors (Lipinski definition) is 1. The van der Waals surface area contributed by atoms with Gasteiger partial charge in [0.2, 0.25) is 11.0 Å². The molecule has 24 heavy (non-hydrogen) atoms. The van der Waals surface area contributed by atoms with Crippen LogP contribution < -0.4 is 10.2 Å². The molecule has 4 rings (SSSR count). The molecule has 1 saturated carbocycles. The molecule has 1 atom stereocenters. The van der Waals surface area contributed by atoms with Crippen LogP contribution in [0.25, 0.3) is 0 Å². The molecule has 1 amide bonds. The Balaban J connectivity index is 1.51. The first kappa shape index (κ1) is 15.5. The average Bonchev–Trinajstić information content (AvgIpc) is 3.05. The summed E-state index contributed by atoms with van der Waals surface area (Å²) < 4.78 is 9.79. The first-order valence-electron chi connectivity index (χ1n) is 8.36. The number of amides is 1. The molecule has 2 aromatic heterocycles. The molecule has 0 unspecified atom stereocenters. The van der Waals surface area contributed by atoms with E-state index in [2.05, 4.69) is 43.6 Å². The number of aromatic nitrogens is 4. The van der Waals surface area contributed by atoms with E-state index >= 15 is 0 Å². The van der Waals surface area contributed by atoms with Gasteiger partial charge < -0.3 is 14.7 Å². The Kier molecular flexibility index (Phi) is 3.95. The SMILES string of the molecule is CC(C)c1nsc(N2CCC[C@@H]2c2nc(C(=O)NC3CC3)no2)n1. The first-order chi connectivity index (χ1) is 11.6. The van der Waals surface area contributed by atoms with E-state index in [1.165, 1.54) is 11.5 Å². The van der Waals surface area contributed by atoms with Crippen molar-refractivity contribution in [1.82, 2.24) is 24.8 Å². The van der Waals surface area contributed by atoms with Crippen LogP contribution >= 0.6 is 11.5 Å². The minimum atomic E-state index is -0.255. The van der Waals surface area contributed by atoms with Crippen LogP contribution in [-0.4, -0.2) is 38.0 Å².